The van der Waals surface area contributed by atoms with Crippen LogP contribution in [0.3, 0.4) is 0 Å². The van der Waals surface area contributed by atoms with Crippen molar-refractivity contribution in [1.82, 2.24) is 0 Å². The Hall–Kier alpha value is 0.340. The maximum absolute atomic E-state index is 10.8. The molecule has 0 saturated carbocycles. The molecule has 0 aromatic carbocycles. The summed E-state index contributed by atoms with van der Waals surface area (Å²) in [6, 6.07) is 0. The van der Waals surface area contributed by atoms with E-state index in [0.717, 1.165) is 26.2 Å². The van der Waals surface area contributed by atoms with Crippen LogP contribution in [-0.2, 0) is 24.1 Å². The standard InChI is InChI=1S/C16H32O6S.Na/c1-3-4-5-6-7-8-9-10-11-12-13-14-16(21-15(2)17)22-23(18,19)20;/h16H,3-14H2,1-2H3,(H,18,19,20);/q;+1/p-1. The Labute approximate surface area is 169 Å². The van der Waals surface area contributed by atoms with Crippen molar-refractivity contribution in [2.24, 2.45) is 0 Å². The van der Waals surface area contributed by atoms with E-state index < -0.39 is 22.7 Å². The zero-order valence-electron chi connectivity index (χ0n) is 15.4. The van der Waals surface area contributed by atoms with Crippen molar-refractivity contribution >= 4 is 16.4 Å². The van der Waals surface area contributed by atoms with E-state index in [4.69, 9.17) is 0 Å². The largest absolute Gasteiger partial charge is 1.00 e. The number of carbonyl (C=O) groups is 1. The molecule has 0 radical (unpaired) electrons. The Morgan fingerprint density at radius 1 is 0.917 bits per heavy atom. The van der Waals surface area contributed by atoms with Gasteiger partial charge in [0.25, 0.3) is 0 Å². The molecular formula is C16H31NaO6S. The number of carbonyl (C=O) groups excluding carboxylic acids is 1. The quantitative estimate of drug-likeness (QED) is 0.106. The number of ether oxygens (including phenoxy) is 1. The van der Waals surface area contributed by atoms with Gasteiger partial charge in [0.05, 0.1) is 0 Å². The summed E-state index contributed by atoms with van der Waals surface area (Å²) < 4.78 is 40.6. The molecule has 0 aliphatic heterocycles. The molecule has 0 aromatic heterocycles. The van der Waals surface area contributed by atoms with Gasteiger partial charge in [0.15, 0.2) is 0 Å². The minimum Gasteiger partial charge on any atom is -0.725 e. The van der Waals surface area contributed by atoms with Gasteiger partial charge < -0.3 is 9.29 Å². The van der Waals surface area contributed by atoms with E-state index in [1.165, 1.54) is 44.9 Å². The van der Waals surface area contributed by atoms with Crippen LogP contribution in [-0.4, -0.2) is 25.2 Å². The Morgan fingerprint density at radius 3 is 1.71 bits per heavy atom. The van der Waals surface area contributed by atoms with Crippen LogP contribution in [0.4, 0.5) is 0 Å². The van der Waals surface area contributed by atoms with Gasteiger partial charge in [-0.1, -0.05) is 71.1 Å². The van der Waals surface area contributed by atoms with Crippen LogP contribution in [0, 0.1) is 0 Å². The van der Waals surface area contributed by atoms with Crippen LogP contribution in [0.2, 0.25) is 0 Å². The SMILES string of the molecule is CCCCCCCCCCCCCC(OC(C)=O)OS(=O)(=O)[O-].[Na+]. The Bertz CT molecular complexity index is 399. The molecule has 0 aromatic rings. The summed E-state index contributed by atoms with van der Waals surface area (Å²) in [5, 5.41) is 0. The van der Waals surface area contributed by atoms with Gasteiger partial charge in [-0.05, 0) is 6.42 Å². The van der Waals surface area contributed by atoms with Gasteiger partial charge in [0.1, 0.15) is 0 Å². The van der Waals surface area contributed by atoms with Gasteiger partial charge in [-0.3, -0.25) is 4.79 Å². The molecule has 0 fully saturated rings. The fourth-order valence-corrected chi connectivity index (χ4v) is 2.82. The third kappa shape index (κ3) is 20.4. The maximum Gasteiger partial charge on any atom is 1.00 e. The van der Waals surface area contributed by atoms with Gasteiger partial charge in [0.2, 0.25) is 16.7 Å². The molecule has 0 aliphatic rings. The molecular weight excluding hydrogens is 343 g/mol. The van der Waals surface area contributed by atoms with E-state index in [2.05, 4.69) is 15.8 Å². The van der Waals surface area contributed by atoms with Crippen molar-refractivity contribution in [3.63, 3.8) is 0 Å². The molecule has 24 heavy (non-hydrogen) atoms. The zero-order valence-corrected chi connectivity index (χ0v) is 18.2. The summed E-state index contributed by atoms with van der Waals surface area (Å²) in [7, 11) is -4.86. The summed E-state index contributed by atoms with van der Waals surface area (Å²) in [5.41, 5.74) is 0. The Morgan fingerprint density at radius 2 is 1.33 bits per heavy atom. The van der Waals surface area contributed by atoms with Crippen molar-refractivity contribution < 1.29 is 56.2 Å². The number of hydrogen-bond donors (Lipinski definition) is 0. The summed E-state index contributed by atoms with van der Waals surface area (Å²) in [6.45, 7) is 3.36. The second kappa shape index (κ2) is 16.8. The smallest absolute Gasteiger partial charge is 0.725 e. The molecule has 8 heteroatoms. The minimum absolute atomic E-state index is 0. The van der Waals surface area contributed by atoms with E-state index in [9.17, 15) is 17.8 Å². The van der Waals surface area contributed by atoms with Crippen LogP contribution in [0.1, 0.15) is 90.9 Å². The summed E-state index contributed by atoms with van der Waals surface area (Å²) in [5.74, 6) is -0.665. The molecule has 0 saturated heterocycles. The Kier molecular flexibility index (Phi) is 18.6. The first-order valence-electron chi connectivity index (χ1n) is 8.66. The zero-order chi connectivity index (χ0) is 17.6. The molecule has 0 N–H and O–H groups in total. The molecule has 6 nitrogen and oxygen atoms in total. The monoisotopic (exact) mass is 374 g/mol. The van der Waals surface area contributed by atoms with Crippen molar-refractivity contribution in [2.45, 2.75) is 97.2 Å². The molecule has 0 bridgehead atoms. The predicted octanol–water partition coefficient (Wildman–Crippen LogP) is 1.06. The van der Waals surface area contributed by atoms with Crippen LogP contribution >= 0.6 is 0 Å². The van der Waals surface area contributed by atoms with Crippen molar-refractivity contribution in [2.75, 3.05) is 0 Å². The maximum atomic E-state index is 10.8. The molecule has 0 amide bonds. The fourth-order valence-electron chi connectivity index (χ4n) is 2.42. The van der Waals surface area contributed by atoms with Crippen LogP contribution in [0.15, 0.2) is 0 Å². The summed E-state index contributed by atoms with van der Waals surface area (Å²) in [6.07, 6.45) is 11.7. The van der Waals surface area contributed by atoms with Gasteiger partial charge >= 0.3 is 35.5 Å². The topological polar surface area (TPSA) is 92.7 Å². The van der Waals surface area contributed by atoms with Crippen LogP contribution in [0.5, 0.6) is 0 Å². The third-order valence-electron chi connectivity index (χ3n) is 3.57. The molecule has 138 valence electrons. The van der Waals surface area contributed by atoms with Crippen molar-refractivity contribution in [3.8, 4) is 0 Å². The number of unbranched alkanes of at least 4 members (excludes halogenated alkanes) is 10. The van der Waals surface area contributed by atoms with Crippen molar-refractivity contribution in [1.29, 1.82) is 0 Å². The first-order chi connectivity index (χ1) is 10.8. The average molecular weight is 374 g/mol. The van der Waals surface area contributed by atoms with Crippen LogP contribution in [0.25, 0.3) is 0 Å². The van der Waals surface area contributed by atoms with E-state index >= 15 is 0 Å². The second-order valence-electron chi connectivity index (χ2n) is 5.87. The predicted molar refractivity (Wildman–Crippen MR) is 87.4 cm³/mol. The molecule has 0 heterocycles. The first kappa shape index (κ1) is 26.6. The van der Waals surface area contributed by atoms with E-state index in [0.29, 0.717) is 6.42 Å². The number of rotatable bonds is 15. The molecule has 1 unspecified atom stereocenters. The summed E-state index contributed by atoms with van der Waals surface area (Å²) in [4.78, 5) is 10.8. The van der Waals surface area contributed by atoms with Gasteiger partial charge in [-0.2, -0.15) is 0 Å². The third-order valence-corrected chi connectivity index (χ3v) is 4.02. The Balaban J connectivity index is 0. The van der Waals surface area contributed by atoms with Gasteiger partial charge in [-0.15, -0.1) is 0 Å². The van der Waals surface area contributed by atoms with E-state index in [-0.39, 0.29) is 36.0 Å². The molecule has 0 aliphatic carbocycles. The molecule has 0 rings (SSSR count). The first-order valence-corrected chi connectivity index (χ1v) is 10.00. The summed E-state index contributed by atoms with van der Waals surface area (Å²) >= 11 is 0. The molecule has 1 atom stereocenters. The normalized spacial score (nSPS) is 12.5. The second-order valence-corrected chi connectivity index (χ2v) is 6.88. The number of esters is 1. The fraction of sp³-hybridized carbons (Fsp3) is 0.938. The minimum atomic E-state index is -4.86. The van der Waals surface area contributed by atoms with E-state index in [1.54, 1.807) is 0 Å². The van der Waals surface area contributed by atoms with Gasteiger partial charge in [-0.25, -0.2) is 12.6 Å². The number of hydrogen-bond acceptors (Lipinski definition) is 6. The van der Waals surface area contributed by atoms with Crippen LogP contribution < -0.4 is 29.6 Å². The average Bonchev–Trinajstić information content (AvgIpc) is 2.42. The van der Waals surface area contributed by atoms with E-state index in [1.807, 2.05) is 0 Å². The van der Waals surface area contributed by atoms with Crippen molar-refractivity contribution in [3.05, 3.63) is 0 Å². The van der Waals surface area contributed by atoms with Gasteiger partial charge in [0, 0.05) is 13.3 Å². The molecule has 0 spiro atoms.